The Labute approximate surface area is 92.3 Å². The highest BCUT2D eigenvalue weighted by molar-refractivity contribution is 5.94. The minimum absolute atomic E-state index is 0.0318. The van der Waals surface area contributed by atoms with E-state index in [1.165, 1.54) is 11.4 Å². The molecule has 0 aliphatic carbocycles. The van der Waals surface area contributed by atoms with Gasteiger partial charge in [-0.25, -0.2) is 9.50 Å². The Balaban J connectivity index is 2.56. The summed E-state index contributed by atoms with van der Waals surface area (Å²) >= 11 is 0. The van der Waals surface area contributed by atoms with Crippen LogP contribution in [-0.4, -0.2) is 32.5 Å². The maximum atomic E-state index is 11.3. The van der Waals surface area contributed by atoms with E-state index in [1.54, 1.807) is 20.2 Å². The van der Waals surface area contributed by atoms with Crippen LogP contribution >= 0.6 is 0 Å². The molecule has 0 fully saturated rings. The van der Waals surface area contributed by atoms with Crippen molar-refractivity contribution < 1.29 is 9.53 Å². The number of aryl methyl sites for hydroxylation is 1. The standard InChI is InChI=1S/C10H12N4O2/c1-6-8(7(2)15)4-14-10(11-6)12-9(13-14)5-16-3/h4H,5H2,1-3H3. The van der Waals surface area contributed by atoms with Crippen LogP contribution < -0.4 is 0 Å². The highest BCUT2D eigenvalue weighted by Crippen LogP contribution is 2.08. The molecule has 0 aliphatic rings. The monoisotopic (exact) mass is 220 g/mol. The molecule has 2 aromatic heterocycles. The lowest BCUT2D eigenvalue weighted by atomic mass is 10.2. The van der Waals surface area contributed by atoms with Crippen molar-refractivity contribution in [3.8, 4) is 0 Å². The predicted molar refractivity (Wildman–Crippen MR) is 56.2 cm³/mol. The van der Waals surface area contributed by atoms with Crippen molar-refractivity contribution in [2.75, 3.05) is 7.11 Å². The van der Waals surface area contributed by atoms with Crippen LogP contribution in [0, 0.1) is 6.92 Å². The SMILES string of the molecule is COCc1nc2nc(C)c(C(C)=O)cn2n1. The van der Waals surface area contributed by atoms with Gasteiger partial charge in [-0.3, -0.25) is 4.79 Å². The fourth-order valence-electron chi connectivity index (χ4n) is 1.48. The summed E-state index contributed by atoms with van der Waals surface area (Å²) in [6, 6.07) is 0. The van der Waals surface area contributed by atoms with Crippen LogP contribution in [0.2, 0.25) is 0 Å². The van der Waals surface area contributed by atoms with E-state index < -0.39 is 0 Å². The molecule has 2 heterocycles. The lowest BCUT2D eigenvalue weighted by Crippen LogP contribution is -2.03. The molecule has 0 saturated heterocycles. The number of carbonyl (C=O) groups is 1. The quantitative estimate of drug-likeness (QED) is 0.715. The smallest absolute Gasteiger partial charge is 0.252 e. The lowest BCUT2D eigenvalue weighted by Gasteiger charge is -1.99. The second-order valence-corrected chi connectivity index (χ2v) is 3.50. The van der Waals surface area contributed by atoms with Gasteiger partial charge < -0.3 is 4.74 Å². The number of hydrogen-bond donors (Lipinski definition) is 0. The van der Waals surface area contributed by atoms with Crippen molar-refractivity contribution in [3.05, 3.63) is 23.3 Å². The minimum atomic E-state index is -0.0318. The zero-order valence-electron chi connectivity index (χ0n) is 9.39. The predicted octanol–water partition coefficient (Wildman–Crippen LogP) is 0.782. The molecule has 0 aromatic carbocycles. The molecule has 0 amide bonds. The molecule has 0 bridgehead atoms. The van der Waals surface area contributed by atoms with Gasteiger partial charge in [0.05, 0.1) is 11.3 Å². The zero-order valence-corrected chi connectivity index (χ0v) is 9.39. The maximum Gasteiger partial charge on any atom is 0.252 e. The molecular formula is C10H12N4O2. The molecule has 6 heteroatoms. The molecule has 2 aromatic rings. The van der Waals surface area contributed by atoms with E-state index in [4.69, 9.17) is 4.74 Å². The highest BCUT2D eigenvalue weighted by Gasteiger charge is 2.10. The van der Waals surface area contributed by atoms with E-state index >= 15 is 0 Å². The van der Waals surface area contributed by atoms with Crippen molar-refractivity contribution in [1.82, 2.24) is 19.6 Å². The number of methoxy groups -OCH3 is 1. The molecule has 2 rings (SSSR count). The zero-order chi connectivity index (χ0) is 11.7. The summed E-state index contributed by atoms with van der Waals surface area (Å²) < 4.78 is 6.43. The summed E-state index contributed by atoms with van der Waals surface area (Å²) in [4.78, 5) is 19.7. The Bertz CT molecular complexity index is 547. The van der Waals surface area contributed by atoms with E-state index in [0.717, 1.165) is 0 Å². The van der Waals surface area contributed by atoms with Crippen LogP contribution in [-0.2, 0) is 11.3 Å². The Morgan fingerprint density at radius 1 is 1.50 bits per heavy atom. The molecule has 84 valence electrons. The molecule has 0 spiro atoms. The van der Waals surface area contributed by atoms with Gasteiger partial charge in [-0.05, 0) is 13.8 Å². The third-order valence-electron chi connectivity index (χ3n) is 2.22. The molecule has 6 nitrogen and oxygen atoms in total. The number of Topliss-reactive ketones (excluding diaryl/α,β-unsaturated/α-hetero) is 1. The number of carbonyl (C=O) groups excluding carboxylic acids is 1. The third-order valence-corrected chi connectivity index (χ3v) is 2.22. The largest absolute Gasteiger partial charge is 0.377 e. The second-order valence-electron chi connectivity index (χ2n) is 3.50. The van der Waals surface area contributed by atoms with Crippen molar-refractivity contribution in [1.29, 1.82) is 0 Å². The molecule has 16 heavy (non-hydrogen) atoms. The molecule has 0 N–H and O–H groups in total. The lowest BCUT2D eigenvalue weighted by molar-refractivity contribution is 0.101. The first-order valence-corrected chi connectivity index (χ1v) is 4.84. The van der Waals surface area contributed by atoms with Crippen LogP contribution in [0.1, 0.15) is 28.8 Å². The Kier molecular flexibility index (Phi) is 2.66. The Morgan fingerprint density at radius 3 is 2.88 bits per heavy atom. The van der Waals surface area contributed by atoms with Crippen LogP contribution in [0.15, 0.2) is 6.20 Å². The minimum Gasteiger partial charge on any atom is -0.377 e. The normalized spacial score (nSPS) is 10.9. The van der Waals surface area contributed by atoms with Crippen LogP contribution in [0.3, 0.4) is 0 Å². The summed E-state index contributed by atoms with van der Waals surface area (Å²) in [6.45, 7) is 3.61. The molecule has 0 atom stereocenters. The van der Waals surface area contributed by atoms with Gasteiger partial charge in [0.1, 0.15) is 6.61 Å². The molecular weight excluding hydrogens is 208 g/mol. The van der Waals surface area contributed by atoms with Crippen molar-refractivity contribution in [3.63, 3.8) is 0 Å². The van der Waals surface area contributed by atoms with Crippen molar-refractivity contribution >= 4 is 11.6 Å². The van der Waals surface area contributed by atoms with Crippen LogP contribution in [0.4, 0.5) is 0 Å². The number of ketones is 1. The summed E-state index contributed by atoms with van der Waals surface area (Å²) in [5, 5.41) is 4.15. The van der Waals surface area contributed by atoms with E-state index in [9.17, 15) is 4.79 Å². The first-order chi connectivity index (χ1) is 7.61. The van der Waals surface area contributed by atoms with Gasteiger partial charge in [-0.15, -0.1) is 5.10 Å². The van der Waals surface area contributed by atoms with Gasteiger partial charge in [-0.2, -0.15) is 4.98 Å². The topological polar surface area (TPSA) is 69.4 Å². The fourth-order valence-corrected chi connectivity index (χ4v) is 1.48. The number of fused-ring (bicyclic) bond motifs is 1. The van der Waals surface area contributed by atoms with Crippen molar-refractivity contribution in [2.45, 2.75) is 20.5 Å². The van der Waals surface area contributed by atoms with Gasteiger partial charge >= 0.3 is 0 Å². The van der Waals surface area contributed by atoms with Gasteiger partial charge in [0.25, 0.3) is 5.78 Å². The van der Waals surface area contributed by atoms with E-state index in [2.05, 4.69) is 15.1 Å². The van der Waals surface area contributed by atoms with Crippen LogP contribution in [0.5, 0.6) is 0 Å². The van der Waals surface area contributed by atoms with Crippen molar-refractivity contribution in [2.24, 2.45) is 0 Å². The fraction of sp³-hybridized carbons (Fsp3) is 0.400. The van der Waals surface area contributed by atoms with E-state index in [1.807, 2.05) is 0 Å². The van der Waals surface area contributed by atoms with Gasteiger partial charge in [-0.1, -0.05) is 0 Å². The third kappa shape index (κ3) is 1.79. The van der Waals surface area contributed by atoms with Gasteiger partial charge in [0.15, 0.2) is 11.6 Å². The Morgan fingerprint density at radius 2 is 2.25 bits per heavy atom. The first kappa shape index (κ1) is 10.7. The number of hydrogen-bond acceptors (Lipinski definition) is 5. The first-order valence-electron chi connectivity index (χ1n) is 4.84. The van der Waals surface area contributed by atoms with Crippen LogP contribution in [0.25, 0.3) is 5.78 Å². The van der Waals surface area contributed by atoms with E-state index in [0.29, 0.717) is 29.5 Å². The molecule has 0 radical (unpaired) electrons. The number of ether oxygens (including phenoxy) is 1. The molecule has 0 saturated carbocycles. The van der Waals surface area contributed by atoms with E-state index in [-0.39, 0.29) is 5.78 Å². The summed E-state index contributed by atoms with van der Waals surface area (Å²) in [7, 11) is 1.57. The average molecular weight is 220 g/mol. The van der Waals surface area contributed by atoms with Gasteiger partial charge in [0, 0.05) is 13.3 Å². The second kappa shape index (κ2) is 3.97. The Hall–Kier alpha value is -1.82. The maximum absolute atomic E-state index is 11.3. The number of nitrogens with zero attached hydrogens (tertiary/aromatic N) is 4. The van der Waals surface area contributed by atoms with Gasteiger partial charge in [0.2, 0.25) is 0 Å². The summed E-state index contributed by atoms with van der Waals surface area (Å²) in [5.41, 5.74) is 1.22. The average Bonchev–Trinajstić information content (AvgIpc) is 2.58. The molecule has 0 aliphatic heterocycles. The number of aromatic nitrogens is 4. The summed E-state index contributed by atoms with van der Waals surface area (Å²) in [5.74, 6) is 1.00. The summed E-state index contributed by atoms with van der Waals surface area (Å²) in [6.07, 6.45) is 1.64. The molecule has 0 unspecified atom stereocenters. The highest BCUT2D eigenvalue weighted by atomic mass is 16.5. The number of rotatable bonds is 3.